The highest BCUT2D eigenvalue weighted by Crippen LogP contribution is 2.31. The number of anilines is 1. The number of benzene rings is 1. The van der Waals surface area contributed by atoms with Crippen LogP contribution >= 0.6 is 23.2 Å². The summed E-state index contributed by atoms with van der Waals surface area (Å²) in [6.07, 6.45) is -5.19. The number of nitrogens with one attached hydrogen (secondary N) is 1. The maximum absolute atomic E-state index is 12.1. The third-order valence-corrected chi connectivity index (χ3v) is 4.41. The van der Waals surface area contributed by atoms with E-state index in [2.05, 4.69) is 0 Å². The van der Waals surface area contributed by atoms with Crippen molar-refractivity contribution in [1.29, 1.82) is 0 Å². The first kappa shape index (κ1) is 16.4. The van der Waals surface area contributed by atoms with Gasteiger partial charge in [0.2, 0.25) is 10.0 Å². The zero-order valence-electron chi connectivity index (χ0n) is 9.28. The van der Waals surface area contributed by atoms with Crippen LogP contribution in [0.15, 0.2) is 17.0 Å². The van der Waals surface area contributed by atoms with Gasteiger partial charge in [-0.2, -0.15) is 0 Å². The van der Waals surface area contributed by atoms with E-state index in [-0.39, 0.29) is 15.7 Å². The van der Waals surface area contributed by atoms with Crippen LogP contribution in [-0.2, 0) is 10.0 Å². The largest absolute Gasteiger partial charge is 0.399 e. The predicted molar refractivity (Wildman–Crippen MR) is 68.1 cm³/mol. The monoisotopic (exact) mass is 334 g/mol. The molecule has 0 aliphatic carbocycles. The lowest BCUT2D eigenvalue weighted by molar-refractivity contribution is -0.000451. The first-order chi connectivity index (χ1) is 8.65. The number of nitrogens with two attached hydrogens (primary N) is 1. The Morgan fingerprint density at radius 1 is 1.32 bits per heavy atom. The molecule has 1 aromatic rings. The van der Waals surface area contributed by atoms with Gasteiger partial charge in [-0.05, 0) is 12.1 Å². The number of alkyl halides is 2. The predicted octanol–water partition coefficient (Wildman–Crippen LogP) is 1.48. The zero-order valence-corrected chi connectivity index (χ0v) is 11.6. The van der Waals surface area contributed by atoms with Crippen molar-refractivity contribution in [3.05, 3.63) is 22.2 Å². The first-order valence-electron chi connectivity index (χ1n) is 4.85. The third kappa shape index (κ3) is 4.15. The molecule has 0 saturated heterocycles. The topological polar surface area (TPSA) is 92.4 Å². The first-order valence-corrected chi connectivity index (χ1v) is 7.09. The van der Waals surface area contributed by atoms with E-state index < -0.39 is 34.0 Å². The minimum Gasteiger partial charge on any atom is -0.399 e. The molecule has 10 heteroatoms. The van der Waals surface area contributed by atoms with E-state index in [0.717, 1.165) is 12.1 Å². The normalized spacial score (nSPS) is 13.8. The molecule has 0 bridgehead atoms. The second-order valence-electron chi connectivity index (χ2n) is 3.57. The van der Waals surface area contributed by atoms with Gasteiger partial charge in [0.1, 0.15) is 11.0 Å². The average molecular weight is 335 g/mol. The van der Waals surface area contributed by atoms with Crippen LogP contribution in [0.5, 0.6) is 0 Å². The molecule has 108 valence electrons. The van der Waals surface area contributed by atoms with E-state index in [0.29, 0.717) is 0 Å². The molecule has 0 aliphatic heterocycles. The quantitative estimate of drug-likeness (QED) is 0.711. The van der Waals surface area contributed by atoms with Crippen molar-refractivity contribution >= 4 is 38.9 Å². The summed E-state index contributed by atoms with van der Waals surface area (Å²) in [5, 5.41) is 8.36. The number of hydrogen-bond donors (Lipinski definition) is 3. The standard InChI is InChI=1S/C9H10Cl2F2N2O3S/c10-5-1-4(14)2-6(11)8(5)19(17,18)15-3-7(16)9(12)13/h1-2,7,9,15-16H,3,14H2. The molecule has 0 aromatic heterocycles. The van der Waals surface area contributed by atoms with Gasteiger partial charge in [0.05, 0.1) is 10.0 Å². The molecular weight excluding hydrogens is 325 g/mol. The Morgan fingerprint density at radius 3 is 2.21 bits per heavy atom. The lowest BCUT2D eigenvalue weighted by Crippen LogP contribution is -2.36. The van der Waals surface area contributed by atoms with Gasteiger partial charge >= 0.3 is 0 Å². The van der Waals surface area contributed by atoms with Crippen molar-refractivity contribution in [2.45, 2.75) is 17.4 Å². The van der Waals surface area contributed by atoms with Crippen LogP contribution in [0, 0.1) is 0 Å². The number of sulfonamides is 1. The van der Waals surface area contributed by atoms with Crippen LogP contribution in [0.3, 0.4) is 0 Å². The molecule has 5 nitrogen and oxygen atoms in total. The van der Waals surface area contributed by atoms with Crippen molar-refractivity contribution < 1.29 is 22.3 Å². The molecule has 1 aromatic carbocycles. The van der Waals surface area contributed by atoms with Gasteiger partial charge in [0.15, 0.2) is 0 Å². The Bertz CT molecular complexity index is 546. The number of nitrogen functional groups attached to an aromatic ring is 1. The Hall–Kier alpha value is -0.670. The molecule has 0 radical (unpaired) electrons. The maximum atomic E-state index is 12.1. The van der Waals surface area contributed by atoms with E-state index in [1.165, 1.54) is 0 Å². The summed E-state index contributed by atoms with van der Waals surface area (Å²) in [4.78, 5) is -0.480. The molecule has 0 spiro atoms. The molecule has 0 saturated carbocycles. The van der Waals surface area contributed by atoms with E-state index in [1.54, 1.807) is 4.72 Å². The van der Waals surface area contributed by atoms with Crippen molar-refractivity contribution in [2.75, 3.05) is 12.3 Å². The summed E-state index contributed by atoms with van der Waals surface area (Å²) in [6, 6.07) is 2.32. The summed E-state index contributed by atoms with van der Waals surface area (Å²) < 4.78 is 49.6. The molecule has 1 atom stereocenters. The fourth-order valence-corrected chi connectivity index (χ4v) is 3.47. The highest BCUT2D eigenvalue weighted by molar-refractivity contribution is 7.89. The fourth-order valence-electron chi connectivity index (χ4n) is 1.19. The summed E-state index contributed by atoms with van der Waals surface area (Å²) in [5.41, 5.74) is 5.56. The van der Waals surface area contributed by atoms with Crippen LogP contribution in [0.4, 0.5) is 14.5 Å². The molecule has 0 heterocycles. The number of rotatable bonds is 5. The second-order valence-corrected chi connectivity index (χ2v) is 6.09. The van der Waals surface area contributed by atoms with Gasteiger partial charge in [-0.25, -0.2) is 21.9 Å². The van der Waals surface area contributed by atoms with Crippen molar-refractivity contribution in [3.63, 3.8) is 0 Å². The van der Waals surface area contributed by atoms with Crippen LogP contribution in [0.25, 0.3) is 0 Å². The average Bonchev–Trinajstić information content (AvgIpc) is 2.23. The second kappa shape index (κ2) is 6.19. The van der Waals surface area contributed by atoms with Gasteiger partial charge in [-0.15, -0.1) is 0 Å². The zero-order chi connectivity index (χ0) is 14.8. The lowest BCUT2D eigenvalue weighted by Gasteiger charge is -2.13. The van der Waals surface area contributed by atoms with E-state index in [9.17, 15) is 17.2 Å². The Labute approximate surface area is 118 Å². The molecule has 1 unspecified atom stereocenters. The van der Waals surface area contributed by atoms with Gasteiger partial charge in [-0.1, -0.05) is 23.2 Å². The number of aliphatic hydroxyl groups excluding tert-OH is 1. The molecule has 4 N–H and O–H groups in total. The summed E-state index contributed by atoms with van der Waals surface area (Å²) in [7, 11) is -4.23. The van der Waals surface area contributed by atoms with Crippen LogP contribution < -0.4 is 10.5 Å². The molecular formula is C9H10Cl2F2N2O3S. The van der Waals surface area contributed by atoms with Gasteiger partial charge < -0.3 is 10.8 Å². The third-order valence-electron chi connectivity index (χ3n) is 2.06. The SMILES string of the molecule is Nc1cc(Cl)c(S(=O)(=O)NCC(O)C(F)F)c(Cl)c1. The van der Waals surface area contributed by atoms with Gasteiger partial charge in [-0.3, -0.25) is 0 Å². The Kier molecular flexibility index (Phi) is 5.34. The molecule has 1 rings (SSSR count). The molecule has 0 fully saturated rings. The van der Waals surface area contributed by atoms with E-state index in [4.69, 9.17) is 34.0 Å². The molecule has 0 aliphatic rings. The number of aliphatic hydroxyl groups is 1. The van der Waals surface area contributed by atoms with Crippen molar-refractivity contribution in [2.24, 2.45) is 0 Å². The fraction of sp³-hybridized carbons (Fsp3) is 0.333. The van der Waals surface area contributed by atoms with Crippen molar-refractivity contribution in [1.82, 2.24) is 4.72 Å². The minimum atomic E-state index is -4.23. The van der Waals surface area contributed by atoms with E-state index in [1.807, 2.05) is 0 Å². The highest BCUT2D eigenvalue weighted by atomic mass is 35.5. The van der Waals surface area contributed by atoms with Crippen molar-refractivity contribution in [3.8, 4) is 0 Å². The van der Waals surface area contributed by atoms with Crippen LogP contribution in [0.2, 0.25) is 10.0 Å². The summed E-state index contributed by atoms with van der Waals surface area (Å²) >= 11 is 11.4. The highest BCUT2D eigenvalue weighted by Gasteiger charge is 2.25. The maximum Gasteiger partial charge on any atom is 0.265 e. The smallest absolute Gasteiger partial charge is 0.265 e. The summed E-state index contributed by atoms with van der Waals surface area (Å²) in [5.74, 6) is 0. The van der Waals surface area contributed by atoms with Gasteiger partial charge in [0.25, 0.3) is 6.43 Å². The van der Waals surface area contributed by atoms with Crippen LogP contribution in [-0.4, -0.2) is 32.6 Å². The molecule has 0 amide bonds. The van der Waals surface area contributed by atoms with Gasteiger partial charge in [0, 0.05) is 12.2 Å². The Morgan fingerprint density at radius 2 is 1.79 bits per heavy atom. The summed E-state index contributed by atoms with van der Waals surface area (Å²) in [6.45, 7) is -0.864. The lowest BCUT2D eigenvalue weighted by atomic mass is 10.3. The number of halogens is 4. The minimum absolute atomic E-state index is 0.154. The number of hydrogen-bond acceptors (Lipinski definition) is 4. The van der Waals surface area contributed by atoms with Crippen LogP contribution in [0.1, 0.15) is 0 Å². The molecule has 19 heavy (non-hydrogen) atoms. The van der Waals surface area contributed by atoms with E-state index >= 15 is 0 Å². The Balaban J connectivity index is 3.02.